The maximum absolute atomic E-state index is 6.46. The van der Waals surface area contributed by atoms with Crippen LogP contribution in [-0.2, 0) is 6.42 Å². The van der Waals surface area contributed by atoms with E-state index in [2.05, 4.69) is 4.98 Å². The summed E-state index contributed by atoms with van der Waals surface area (Å²) < 4.78 is 0. The van der Waals surface area contributed by atoms with Crippen LogP contribution in [0.3, 0.4) is 0 Å². The van der Waals surface area contributed by atoms with Crippen LogP contribution in [0.5, 0.6) is 0 Å². The van der Waals surface area contributed by atoms with Crippen LogP contribution in [-0.4, -0.2) is 11.5 Å². The van der Waals surface area contributed by atoms with Crippen LogP contribution in [0.15, 0.2) is 30.3 Å². The van der Waals surface area contributed by atoms with Crippen molar-refractivity contribution in [3.05, 3.63) is 56.0 Å². The third-order valence-electron chi connectivity index (χ3n) is 4.01. The molecule has 1 heterocycles. The van der Waals surface area contributed by atoms with Gasteiger partial charge in [-0.2, -0.15) is 0 Å². The molecule has 3 aromatic rings. The Morgan fingerprint density at radius 2 is 1.67 bits per heavy atom. The number of hydrogen-bond acceptors (Lipinski definition) is 1. The lowest BCUT2D eigenvalue weighted by Crippen LogP contribution is -1.99. The van der Waals surface area contributed by atoms with E-state index in [0.29, 0.717) is 26.6 Å². The van der Waals surface area contributed by atoms with Crippen molar-refractivity contribution in [1.29, 1.82) is 0 Å². The van der Waals surface area contributed by atoms with E-state index in [1.807, 2.05) is 18.2 Å². The van der Waals surface area contributed by atoms with Gasteiger partial charge in [-0.25, -0.2) is 0 Å². The second kappa shape index (κ2) is 7.55. The van der Waals surface area contributed by atoms with E-state index in [0.717, 1.165) is 47.0 Å². The predicted octanol–water partition coefficient (Wildman–Crippen LogP) is 6.73. The first kappa shape index (κ1) is 17.9. The number of benzene rings is 2. The molecule has 0 aliphatic heterocycles. The molecule has 0 saturated carbocycles. The normalized spacial score (nSPS) is 11.4. The van der Waals surface area contributed by atoms with Gasteiger partial charge >= 0.3 is 0 Å². The zero-order valence-corrected chi connectivity index (χ0v) is 15.8. The Kier molecular flexibility index (Phi) is 5.63. The number of H-pyrrole nitrogens is 1. The van der Waals surface area contributed by atoms with E-state index in [1.165, 1.54) is 0 Å². The maximum Gasteiger partial charge on any atom is 0.0599 e. The van der Waals surface area contributed by atoms with Crippen molar-refractivity contribution < 1.29 is 0 Å². The minimum atomic E-state index is 0.518. The van der Waals surface area contributed by atoms with E-state index >= 15 is 0 Å². The number of halogens is 4. The van der Waals surface area contributed by atoms with Gasteiger partial charge in [0.15, 0.2) is 0 Å². The van der Waals surface area contributed by atoms with Crippen molar-refractivity contribution in [2.45, 2.75) is 19.3 Å². The highest BCUT2D eigenvalue weighted by Crippen LogP contribution is 2.38. The number of nitrogens with two attached hydrogens (primary N) is 1. The van der Waals surface area contributed by atoms with Crippen molar-refractivity contribution in [2.24, 2.45) is 5.73 Å². The van der Waals surface area contributed by atoms with Gasteiger partial charge < -0.3 is 10.7 Å². The fourth-order valence-corrected chi connectivity index (χ4v) is 3.81. The molecular formula is C18H16Cl4N2. The average molecular weight is 402 g/mol. The van der Waals surface area contributed by atoms with Gasteiger partial charge in [0, 0.05) is 21.6 Å². The van der Waals surface area contributed by atoms with Crippen LogP contribution in [0, 0.1) is 0 Å². The Morgan fingerprint density at radius 3 is 2.38 bits per heavy atom. The summed E-state index contributed by atoms with van der Waals surface area (Å²) in [5.41, 5.74) is 9.66. The highest BCUT2D eigenvalue weighted by Gasteiger charge is 2.17. The molecule has 0 spiro atoms. The summed E-state index contributed by atoms with van der Waals surface area (Å²) >= 11 is 24.8. The summed E-state index contributed by atoms with van der Waals surface area (Å²) in [6.07, 6.45) is 2.81. The largest absolute Gasteiger partial charge is 0.354 e. The summed E-state index contributed by atoms with van der Waals surface area (Å²) in [5.74, 6) is 0. The quantitative estimate of drug-likeness (QED) is 0.457. The molecule has 24 heavy (non-hydrogen) atoms. The van der Waals surface area contributed by atoms with Gasteiger partial charge in [-0.15, -0.1) is 0 Å². The molecular weight excluding hydrogens is 386 g/mol. The Bertz CT molecular complexity index is 886. The van der Waals surface area contributed by atoms with E-state index < -0.39 is 0 Å². The number of unbranched alkanes of at least 4 members (excludes halogenated alkanes) is 1. The van der Waals surface area contributed by atoms with E-state index in [4.69, 9.17) is 52.1 Å². The van der Waals surface area contributed by atoms with E-state index in [-0.39, 0.29) is 0 Å². The van der Waals surface area contributed by atoms with Crippen LogP contribution in [0.1, 0.15) is 18.4 Å². The molecule has 3 rings (SSSR count). The van der Waals surface area contributed by atoms with Crippen molar-refractivity contribution >= 4 is 57.3 Å². The van der Waals surface area contributed by atoms with Crippen LogP contribution >= 0.6 is 46.4 Å². The summed E-state index contributed by atoms with van der Waals surface area (Å²) in [5, 5.41) is 3.29. The molecule has 6 heteroatoms. The number of hydrogen-bond donors (Lipinski definition) is 2. The number of aromatic amines is 1. The van der Waals surface area contributed by atoms with Gasteiger partial charge in [0.25, 0.3) is 0 Å². The summed E-state index contributed by atoms with van der Waals surface area (Å²) in [7, 11) is 0. The van der Waals surface area contributed by atoms with Gasteiger partial charge in [-0.05, 0) is 61.2 Å². The lowest BCUT2D eigenvalue weighted by molar-refractivity contribution is 0.748. The first-order valence-electron chi connectivity index (χ1n) is 7.66. The van der Waals surface area contributed by atoms with Crippen LogP contribution in [0.2, 0.25) is 20.1 Å². The molecule has 2 nitrogen and oxygen atoms in total. The molecule has 0 saturated heterocycles. The minimum absolute atomic E-state index is 0.518. The van der Waals surface area contributed by atoms with Crippen LogP contribution in [0.4, 0.5) is 0 Å². The predicted molar refractivity (Wildman–Crippen MR) is 106 cm³/mol. The molecule has 0 atom stereocenters. The molecule has 2 aromatic carbocycles. The third kappa shape index (κ3) is 3.54. The lowest BCUT2D eigenvalue weighted by atomic mass is 10.0. The molecule has 1 aromatic heterocycles. The van der Waals surface area contributed by atoms with E-state index in [9.17, 15) is 0 Å². The standard InChI is InChI=1S/C18H16Cl4N2/c19-11-8-15(22)17-12(3-1-2-6-23)18(24-16(17)9-11)10-4-5-13(20)14(21)7-10/h4-5,7-9,24H,1-3,6,23H2. The molecule has 0 bridgehead atoms. The number of nitrogens with one attached hydrogen (secondary N) is 1. The molecule has 0 aliphatic carbocycles. The van der Waals surface area contributed by atoms with Gasteiger partial charge in [0.2, 0.25) is 0 Å². The molecule has 0 unspecified atom stereocenters. The van der Waals surface area contributed by atoms with Crippen molar-refractivity contribution in [3.8, 4) is 11.3 Å². The second-order valence-corrected chi connectivity index (χ2v) is 7.32. The summed E-state index contributed by atoms with van der Waals surface area (Å²) in [6.45, 7) is 0.671. The Balaban J connectivity index is 2.19. The van der Waals surface area contributed by atoms with Gasteiger partial charge in [-0.1, -0.05) is 52.5 Å². The molecule has 0 aliphatic rings. The summed E-state index contributed by atoms with van der Waals surface area (Å²) in [6, 6.07) is 9.25. The van der Waals surface area contributed by atoms with Crippen molar-refractivity contribution in [1.82, 2.24) is 4.98 Å². The van der Waals surface area contributed by atoms with Gasteiger partial charge in [0.05, 0.1) is 15.1 Å². The topological polar surface area (TPSA) is 41.8 Å². The number of aryl methyl sites for hydroxylation is 1. The first-order chi connectivity index (χ1) is 11.5. The van der Waals surface area contributed by atoms with Crippen LogP contribution < -0.4 is 5.73 Å². The fraction of sp³-hybridized carbons (Fsp3) is 0.222. The zero-order valence-electron chi connectivity index (χ0n) is 12.8. The van der Waals surface area contributed by atoms with Crippen molar-refractivity contribution in [2.75, 3.05) is 6.54 Å². The number of rotatable bonds is 5. The molecule has 0 fully saturated rings. The number of fused-ring (bicyclic) bond motifs is 1. The minimum Gasteiger partial charge on any atom is -0.354 e. The lowest BCUT2D eigenvalue weighted by Gasteiger charge is -2.07. The first-order valence-corrected chi connectivity index (χ1v) is 9.17. The molecule has 0 amide bonds. The second-order valence-electron chi connectivity index (χ2n) is 5.66. The third-order valence-corrected chi connectivity index (χ3v) is 5.26. The fourth-order valence-electron chi connectivity index (χ4n) is 2.91. The highest BCUT2D eigenvalue weighted by atomic mass is 35.5. The molecule has 126 valence electrons. The van der Waals surface area contributed by atoms with Gasteiger partial charge in [0.1, 0.15) is 0 Å². The average Bonchev–Trinajstić information content (AvgIpc) is 2.89. The van der Waals surface area contributed by atoms with E-state index in [1.54, 1.807) is 12.1 Å². The summed E-state index contributed by atoms with van der Waals surface area (Å²) in [4.78, 5) is 3.43. The smallest absolute Gasteiger partial charge is 0.0599 e. The SMILES string of the molecule is NCCCCc1c(-c2ccc(Cl)c(Cl)c2)[nH]c2cc(Cl)cc(Cl)c12. The molecule has 0 radical (unpaired) electrons. The molecule has 3 N–H and O–H groups in total. The van der Waals surface area contributed by atoms with Crippen LogP contribution in [0.25, 0.3) is 22.2 Å². The maximum atomic E-state index is 6.46. The number of aromatic nitrogens is 1. The van der Waals surface area contributed by atoms with Crippen molar-refractivity contribution in [3.63, 3.8) is 0 Å². The Morgan fingerprint density at radius 1 is 0.875 bits per heavy atom. The Hall–Kier alpha value is -0.900. The monoisotopic (exact) mass is 400 g/mol. The Labute approximate surface area is 160 Å². The van der Waals surface area contributed by atoms with Gasteiger partial charge in [-0.3, -0.25) is 0 Å². The highest BCUT2D eigenvalue weighted by molar-refractivity contribution is 6.42. The zero-order chi connectivity index (χ0) is 17.3.